The first-order valence-corrected chi connectivity index (χ1v) is 6.61. The molecular weight excluding hydrogens is 321 g/mol. The van der Waals surface area contributed by atoms with Crippen molar-refractivity contribution < 1.29 is 14.6 Å². The van der Waals surface area contributed by atoms with Crippen LogP contribution in [0.1, 0.15) is 16.8 Å². The molecule has 18 heavy (non-hydrogen) atoms. The van der Waals surface area contributed by atoms with Gasteiger partial charge in [0, 0.05) is 23.8 Å². The van der Waals surface area contributed by atoms with Crippen molar-refractivity contribution in [2.45, 2.75) is 12.5 Å². The first-order chi connectivity index (χ1) is 8.58. The minimum absolute atomic E-state index is 0.00456. The number of benzene rings is 1. The predicted molar refractivity (Wildman–Crippen MR) is 74.0 cm³/mol. The molecule has 0 radical (unpaired) electrons. The van der Waals surface area contributed by atoms with Crippen molar-refractivity contribution in [1.29, 1.82) is 0 Å². The van der Waals surface area contributed by atoms with Crippen molar-refractivity contribution in [2.24, 2.45) is 0 Å². The summed E-state index contributed by atoms with van der Waals surface area (Å²) in [6.07, 6.45) is 0.448. The second-order valence-corrected chi connectivity index (χ2v) is 5.03. The van der Waals surface area contributed by atoms with Gasteiger partial charge in [-0.15, -0.1) is 0 Å². The molecule has 1 atom stereocenters. The van der Waals surface area contributed by atoms with Crippen molar-refractivity contribution in [2.75, 3.05) is 20.3 Å². The van der Waals surface area contributed by atoms with Crippen LogP contribution in [-0.4, -0.2) is 37.4 Å². The normalized spacial score (nSPS) is 12.2. The Bertz CT molecular complexity index is 408. The van der Waals surface area contributed by atoms with E-state index >= 15 is 0 Å². The van der Waals surface area contributed by atoms with E-state index in [1.807, 2.05) is 0 Å². The Balaban J connectivity index is 2.70. The molecule has 1 unspecified atom stereocenters. The predicted octanol–water partition coefficient (Wildman–Crippen LogP) is 2.23. The third-order valence-electron chi connectivity index (χ3n) is 2.36. The molecule has 6 heteroatoms. The van der Waals surface area contributed by atoms with Gasteiger partial charge in [0.05, 0.1) is 17.7 Å². The van der Waals surface area contributed by atoms with Gasteiger partial charge in [0.1, 0.15) is 0 Å². The quantitative estimate of drug-likeness (QED) is 0.837. The Kier molecular flexibility index (Phi) is 6.63. The third-order valence-corrected chi connectivity index (χ3v) is 3.59. The maximum atomic E-state index is 11.9. The zero-order chi connectivity index (χ0) is 13.5. The van der Waals surface area contributed by atoms with E-state index < -0.39 is 0 Å². The lowest BCUT2D eigenvalue weighted by Gasteiger charge is -2.17. The van der Waals surface area contributed by atoms with Gasteiger partial charge in [-0.25, -0.2) is 0 Å². The number of carbonyl (C=O) groups is 1. The Morgan fingerprint density at radius 2 is 2.33 bits per heavy atom. The van der Waals surface area contributed by atoms with E-state index in [1.165, 1.54) is 0 Å². The van der Waals surface area contributed by atoms with Gasteiger partial charge in [0.25, 0.3) is 5.91 Å². The van der Waals surface area contributed by atoms with Gasteiger partial charge in [0.15, 0.2) is 0 Å². The van der Waals surface area contributed by atoms with Crippen LogP contribution in [0.25, 0.3) is 0 Å². The zero-order valence-corrected chi connectivity index (χ0v) is 12.3. The molecule has 1 aromatic rings. The monoisotopic (exact) mass is 335 g/mol. The minimum Gasteiger partial charge on any atom is -0.396 e. The molecule has 0 aliphatic heterocycles. The summed E-state index contributed by atoms with van der Waals surface area (Å²) >= 11 is 9.19. The van der Waals surface area contributed by atoms with Crippen molar-refractivity contribution in [1.82, 2.24) is 5.32 Å². The number of carbonyl (C=O) groups excluding carboxylic acids is 1. The molecule has 4 nitrogen and oxygen atoms in total. The molecule has 2 N–H and O–H groups in total. The Morgan fingerprint density at radius 3 is 2.89 bits per heavy atom. The van der Waals surface area contributed by atoms with Crippen LogP contribution in [0.15, 0.2) is 22.7 Å². The van der Waals surface area contributed by atoms with E-state index in [-0.39, 0.29) is 18.6 Å². The Morgan fingerprint density at radius 1 is 1.61 bits per heavy atom. The first kappa shape index (κ1) is 15.4. The van der Waals surface area contributed by atoms with Gasteiger partial charge >= 0.3 is 0 Å². The number of hydrogen-bond donors (Lipinski definition) is 2. The van der Waals surface area contributed by atoms with Crippen LogP contribution in [0.4, 0.5) is 0 Å². The smallest absolute Gasteiger partial charge is 0.251 e. The van der Waals surface area contributed by atoms with Gasteiger partial charge in [-0.1, -0.05) is 11.6 Å². The summed E-state index contributed by atoms with van der Waals surface area (Å²) in [5.41, 5.74) is 0.474. The molecule has 0 saturated heterocycles. The molecule has 0 bridgehead atoms. The largest absolute Gasteiger partial charge is 0.396 e. The average molecular weight is 337 g/mol. The fourth-order valence-electron chi connectivity index (χ4n) is 1.46. The molecule has 0 aliphatic rings. The molecule has 0 heterocycles. The van der Waals surface area contributed by atoms with Crippen LogP contribution in [0.3, 0.4) is 0 Å². The van der Waals surface area contributed by atoms with Gasteiger partial charge in [-0.2, -0.15) is 0 Å². The van der Waals surface area contributed by atoms with Crippen molar-refractivity contribution >= 4 is 33.4 Å². The number of hydrogen-bond acceptors (Lipinski definition) is 3. The zero-order valence-electron chi connectivity index (χ0n) is 9.95. The lowest BCUT2D eigenvalue weighted by atomic mass is 10.1. The minimum atomic E-state index is -0.236. The second kappa shape index (κ2) is 7.74. The number of aliphatic hydroxyl groups excluding tert-OH is 1. The molecule has 1 aromatic carbocycles. The fraction of sp³-hybridized carbons (Fsp3) is 0.417. The van der Waals surface area contributed by atoms with Gasteiger partial charge in [-0.3, -0.25) is 4.79 Å². The number of aliphatic hydroxyl groups is 1. The van der Waals surface area contributed by atoms with Gasteiger partial charge in [-0.05, 0) is 40.5 Å². The highest BCUT2D eigenvalue weighted by atomic mass is 79.9. The Hall–Kier alpha value is -0.620. The highest BCUT2D eigenvalue weighted by molar-refractivity contribution is 9.10. The average Bonchev–Trinajstić information content (AvgIpc) is 2.33. The third kappa shape index (κ3) is 4.57. The first-order valence-electron chi connectivity index (χ1n) is 5.44. The van der Waals surface area contributed by atoms with Crippen LogP contribution in [-0.2, 0) is 4.74 Å². The van der Waals surface area contributed by atoms with E-state index in [0.717, 1.165) is 4.47 Å². The Labute approximate surface area is 119 Å². The summed E-state index contributed by atoms with van der Waals surface area (Å²) in [4.78, 5) is 11.9. The highest BCUT2D eigenvalue weighted by Crippen LogP contribution is 2.23. The van der Waals surface area contributed by atoms with E-state index in [2.05, 4.69) is 21.2 Å². The molecule has 0 fully saturated rings. The summed E-state index contributed by atoms with van der Waals surface area (Å²) < 4.78 is 5.72. The SMILES string of the molecule is COCC(CCO)NC(=O)c1ccc(Br)c(Cl)c1. The molecule has 100 valence electrons. The topological polar surface area (TPSA) is 58.6 Å². The van der Waals surface area contributed by atoms with E-state index in [9.17, 15) is 4.79 Å². The molecular formula is C12H15BrClNO3. The fourth-order valence-corrected chi connectivity index (χ4v) is 1.89. The number of amides is 1. The number of nitrogens with one attached hydrogen (secondary N) is 1. The standard InChI is InChI=1S/C12H15BrClNO3/c1-18-7-9(4-5-16)15-12(17)8-2-3-10(13)11(14)6-8/h2-3,6,9,16H,4-5,7H2,1H3,(H,15,17). The number of methoxy groups -OCH3 is 1. The lowest BCUT2D eigenvalue weighted by Crippen LogP contribution is -2.38. The summed E-state index contributed by atoms with van der Waals surface area (Å²) in [5, 5.41) is 12.2. The lowest BCUT2D eigenvalue weighted by molar-refractivity contribution is 0.0878. The van der Waals surface area contributed by atoms with Gasteiger partial charge in [0.2, 0.25) is 0 Å². The van der Waals surface area contributed by atoms with Crippen molar-refractivity contribution in [3.05, 3.63) is 33.3 Å². The number of rotatable bonds is 6. The highest BCUT2D eigenvalue weighted by Gasteiger charge is 2.14. The molecule has 0 aromatic heterocycles. The van der Waals surface area contributed by atoms with Crippen LogP contribution < -0.4 is 5.32 Å². The summed E-state index contributed by atoms with van der Waals surface area (Å²) in [6.45, 7) is 0.353. The summed E-state index contributed by atoms with van der Waals surface area (Å²) in [6, 6.07) is 4.77. The van der Waals surface area contributed by atoms with Crippen LogP contribution in [0.5, 0.6) is 0 Å². The van der Waals surface area contributed by atoms with E-state index in [1.54, 1.807) is 25.3 Å². The van der Waals surface area contributed by atoms with Crippen LogP contribution in [0, 0.1) is 0 Å². The van der Waals surface area contributed by atoms with Gasteiger partial charge < -0.3 is 15.2 Å². The van der Waals surface area contributed by atoms with Crippen LogP contribution in [0.2, 0.25) is 5.02 Å². The maximum Gasteiger partial charge on any atom is 0.251 e. The maximum absolute atomic E-state index is 11.9. The number of halogens is 2. The number of ether oxygens (including phenoxy) is 1. The van der Waals surface area contributed by atoms with E-state index in [4.69, 9.17) is 21.4 Å². The van der Waals surface area contributed by atoms with Crippen molar-refractivity contribution in [3.8, 4) is 0 Å². The molecule has 1 amide bonds. The summed E-state index contributed by atoms with van der Waals surface area (Å²) in [5.74, 6) is -0.236. The molecule has 0 saturated carbocycles. The summed E-state index contributed by atoms with van der Waals surface area (Å²) in [7, 11) is 1.55. The molecule has 1 rings (SSSR count). The second-order valence-electron chi connectivity index (χ2n) is 3.77. The molecule has 0 aliphatic carbocycles. The van der Waals surface area contributed by atoms with Crippen molar-refractivity contribution in [3.63, 3.8) is 0 Å². The van der Waals surface area contributed by atoms with E-state index in [0.29, 0.717) is 23.6 Å². The molecule has 0 spiro atoms. The van der Waals surface area contributed by atoms with Crippen LogP contribution >= 0.6 is 27.5 Å².